The fourth-order valence-corrected chi connectivity index (χ4v) is 1.27. The molecule has 2 rings (SSSR count). The lowest BCUT2D eigenvalue weighted by Crippen LogP contribution is -2.26. The largest absolute Gasteiger partial charge is 0.345 e. The molecule has 7 nitrogen and oxygen atoms in total. The van der Waals surface area contributed by atoms with Crippen LogP contribution in [-0.4, -0.2) is 25.7 Å². The molecule has 0 aliphatic rings. The molecule has 0 saturated heterocycles. The van der Waals surface area contributed by atoms with Gasteiger partial charge in [-0.15, -0.1) is 0 Å². The standard InChI is InChI=1S/C10H11N5O2/c1-15-3-2-7(4-9(15)16)10(17)11-5-8-12-6-13-14-8/h2-4,6H,5H2,1H3,(H,11,17)(H,12,13,14). The normalized spacial score (nSPS) is 10.2. The highest BCUT2D eigenvalue weighted by atomic mass is 16.2. The van der Waals surface area contributed by atoms with Crippen LogP contribution in [0.2, 0.25) is 0 Å². The second kappa shape index (κ2) is 4.60. The topological polar surface area (TPSA) is 92.7 Å². The zero-order valence-electron chi connectivity index (χ0n) is 9.17. The average molecular weight is 233 g/mol. The molecule has 0 atom stereocenters. The molecule has 0 aliphatic carbocycles. The second-order valence-corrected chi connectivity index (χ2v) is 3.48. The van der Waals surface area contributed by atoms with Crippen molar-refractivity contribution in [1.82, 2.24) is 25.1 Å². The van der Waals surface area contributed by atoms with Gasteiger partial charge in [0.05, 0.1) is 6.54 Å². The van der Waals surface area contributed by atoms with Crippen LogP contribution in [0.5, 0.6) is 0 Å². The molecule has 0 fully saturated rings. The summed E-state index contributed by atoms with van der Waals surface area (Å²) in [5.41, 5.74) is 0.102. The fraction of sp³-hybridized carbons (Fsp3) is 0.200. The zero-order valence-corrected chi connectivity index (χ0v) is 9.17. The Morgan fingerprint density at radius 3 is 3.06 bits per heavy atom. The molecular weight excluding hydrogens is 222 g/mol. The maximum atomic E-state index is 11.7. The van der Waals surface area contributed by atoms with Crippen molar-refractivity contribution in [2.24, 2.45) is 7.05 Å². The van der Waals surface area contributed by atoms with E-state index in [2.05, 4.69) is 20.5 Å². The number of carbonyl (C=O) groups is 1. The molecule has 2 aromatic rings. The number of pyridine rings is 1. The van der Waals surface area contributed by atoms with Crippen LogP contribution in [0.4, 0.5) is 0 Å². The Labute approximate surface area is 96.5 Å². The average Bonchev–Trinajstić information content (AvgIpc) is 2.82. The smallest absolute Gasteiger partial charge is 0.251 e. The van der Waals surface area contributed by atoms with Gasteiger partial charge in [0, 0.05) is 24.9 Å². The third-order valence-corrected chi connectivity index (χ3v) is 2.25. The summed E-state index contributed by atoms with van der Waals surface area (Å²) in [5, 5.41) is 8.91. The number of nitrogens with zero attached hydrogens (tertiary/aromatic N) is 3. The lowest BCUT2D eigenvalue weighted by atomic mass is 10.2. The van der Waals surface area contributed by atoms with Crippen LogP contribution in [0.3, 0.4) is 0 Å². The minimum Gasteiger partial charge on any atom is -0.345 e. The molecule has 0 aromatic carbocycles. The molecule has 0 saturated carbocycles. The van der Waals surface area contributed by atoms with Crippen molar-refractivity contribution in [1.29, 1.82) is 0 Å². The zero-order chi connectivity index (χ0) is 12.3. The number of aromatic amines is 1. The van der Waals surface area contributed by atoms with Gasteiger partial charge in [-0.3, -0.25) is 14.7 Å². The van der Waals surface area contributed by atoms with Gasteiger partial charge in [-0.05, 0) is 6.07 Å². The molecule has 0 spiro atoms. The van der Waals surface area contributed by atoms with E-state index in [0.29, 0.717) is 11.4 Å². The number of amides is 1. The summed E-state index contributed by atoms with van der Waals surface area (Å²) in [4.78, 5) is 26.9. The highest BCUT2D eigenvalue weighted by molar-refractivity contribution is 5.93. The highest BCUT2D eigenvalue weighted by Gasteiger charge is 2.06. The van der Waals surface area contributed by atoms with E-state index in [1.54, 1.807) is 19.3 Å². The van der Waals surface area contributed by atoms with Crippen molar-refractivity contribution >= 4 is 5.91 Å². The predicted octanol–water partition coefficient (Wildman–Crippen LogP) is -0.567. The maximum Gasteiger partial charge on any atom is 0.251 e. The van der Waals surface area contributed by atoms with E-state index >= 15 is 0 Å². The number of hydrogen-bond acceptors (Lipinski definition) is 4. The molecule has 2 aromatic heterocycles. The van der Waals surface area contributed by atoms with E-state index in [1.165, 1.54) is 17.0 Å². The predicted molar refractivity (Wildman–Crippen MR) is 59.2 cm³/mol. The van der Waals surface area contributed by atoms with Crippen LogP contribution in [0, 0.1) is 0 Å². The van der Waals surface area contributed by atoms with Gasteiger partial charge in [-0.2, -0.15) is 5.10 Å². The molecule has 17 heavy (non-hydrogen) atoms. The molecule has 7 heteroatoms. The quantitative estimate of drug-likeness (QED) is 0.742. The summed E-state index contributed by atoms with van der Waals surface area (Å²) in [6.07, 6.45) is 2.91. The number of carbonyl (C=O) groups excluding carboxylic acids is 1. The lowest BCUT2D eigenvalue weighted by Gasteiger charge is -2.03. The third kappa shape index (κ3) is 2.57. The Bertz CT molecular complexity index is 573. The first-order chi connectivity index (χ1) is 8.16. The molecule has 2 N–H and O–H groups in total. The van der Waals surface area contributed by atoms with Gasteiger partial charge in [0.2, 0.25) is 0 Å². The van der Waals surface area contributed by atoms with E-state index in [9.17, 15) is 9.59 Å². The Kier molecular flexibility index (Phi) is 2.99. The Morgan fingerprint density at radius 2 is 2.41 bits per heavy atom. The Hall–Kier alpha value is -2.44. The van der Waals surface area contributed by atoms with Crippen molar-refractivity contribution in [2.45, 2.75) is 6.54 Å². The van der Waals surface area contributed by atoms with Gasteiger partial charge in [0.15, 0.2) is 0 Å². The number of hydrogen-bond donors (Lipinski definition) is 2. The summed E-state index contributed by atoms with van der Waals surface area (Å²) in [6.45, 7) is 0.244. The van der Waals surface area contributed by atoms with Crippen LogP contribution in [0.15, 0.2) is 29.5 Å². The Morgan fingerprint density at radius 1 is 1.59 bits per heavy atom. The molecule has 0 radical (unpaired) electrons. The maximum absolute atomic E-state index is 11.7. The van der Waals surface area contributed by atoms with E-state index < -0.39 is 0 Å². The molecule has 0 unspecified atom stereocenters. The monoisotopic (exact) mass is 233 g/mol. The van der Waals surface area contributed by atoms with Crippen LogP contribution in [0.25, 0.3) is 0 Å². The van der Waals surface area contributed by atoms with Crippen molar-refractivity contribution in [2.75, 3.05) is 0 Å². The summed E-state index contributed by atoms with van der Waals surface area (Å²) in [5.74, 6) is 0.237. The number of rotatable bonds is 3. The van der Waals surface area contributed by atoms with Crippen LogP contribution < -0.4 is 10.9 Å². The first-order valence-corrected chi connectivity index (χ1v) is 4.96. The van der Waals surface area contributed by atoms with Crippen LogP contribution in [-0.2, 0) is 13.6 Å². The van der Waals surface area contributed by atoms with Gasteiger partial charge in [0.25, 0.3) is 11.5 Å². The van der Waals surface area contributed by atoms with Gasteiger partial charge in [0.1, 0.15) is 12.2 Å². The van der Waals surface area contributed by atoms with Gasteiger partial charge in [-0.1, -0.05) is 0 Å². The minimum atomic E-state index is -0.320. The fourth-order valence-electron chi connectivity index (χ4n) is 1.27. The number of aryl methyl sites for hydroxylation is 1. The first kappa shape index (κ1) is 11.1. The first-order valence-electron chi connectivity index (χ1n) is 4.96. The summed E-state index contributed by atoms with van der Waals surface area (Å²) in [7, 11) is 1.62. The van der Waals surface area contributed by atoms with Crippen molar-refractivity contribution in [3.63, 3.8) is 0 Å². The van der Waals surface area contributed by atoms with Gasteiger partial charge in [-0.25, -0.2) is 4.98 Å². The highest BCUT2D eigenvalue weighted by Crippen LogP contribution is 1.95. The van der Waals surface area contributed by atoms with E-state index in [-0.39, 0.29) is 18.0 Å². The van der Waals surface area contributed by atoms with Crippen molar-refractivity contribution < 1.29 is 4.79 Å². The summed E-state index contributed by atoms with van der Waals surface area (Å²) >= 11 is 0. The molecule has 88 valence electrons. The van der Waals surface area contributed by atoms with Crippen LogP contribution >= 0.6 is 0 Å². The lowest BCUT2D eigenvalue weighted by molar-refractivity contribution is 0.0949. The third-order valence-electron chi connectivity index (χ3n) is 2.25. The Balaban J connectivity index is 2.04. The minimum absolute atomic E-state index is 0.225. The number of nitrogens with one attached hydrogen (secondary N) is 2. The SMILES string of the molecule is Cn1ccc(C(=O)NCc2ncn[nH]2)cc1=O. The van der Waals surface area contributed by atoms with Crippen LogP contribution in [0.1, 0.15) is 16.2 Å². The molecular formula is C10H11N5O2. The summed E-state index contributed by atoms with van der Waals surface area (Å²) < 4.78 is 1.40. The molecule has 2 heterocycles. The summed E-state index contributed by atoms with van der Waals surface area (Å²) in [6, 6.07) is 2.87. The van der Waals surface area contributed by atoms with E-state index in [1.807, 2.05) is 0 Å². The number of aromatic nitrogens is 4. The van der Waals surface area contributed by atoms with E-state index in [4.69, 9.17) is 0 Å². The van der Waals surface area contributed by atoms with Gasteiger partial charge >= 0.3 is 0 Å². The van der Waals surface area contributed by atoms with E-state index in [0.717, 1.165) is 0 Å². The van der Waals surface area contributed by atoms with Crippen molar-refractivity contribution in [3.05, 3.63) is 46.4 Å². The van der Waals surface area contributed by atoms with Crippen molar-refractivity contribution in [3.8, 4) is 0 Å². The molecule has 1 amide bonds. The second-order valence-electron chi connectivity index (χ2n) is 3.48. The molecule has 0 bridgehead atoms. The number of H-pyrrole nitrogens is 1. The van der Waals surface area contributed by atoms with Gasteiger partial charge < -0.3 is 9.88 Å². The molecule has 0 aliphatic heterocycles.